The fourth-order valence-corrected chi connectivity index (χ4v) is 1.54. The van der Waals surface area contributed by atoms with E-state index in [-0.39, 0.29) is 0 Å². The Balaban J connectivity index is 1.57. The molecule has 64 valence electrons. The molecule has 0 amide bonds. The molecule has 2 fully saturated rings. The van der Waals surface area contributed by atoms with Crippen molar-refractivity contribution in [2.75, 3.05) is 19.8 Å². The van der Waals surface area contributed by atoms with Gasteiger partial charge in [0.15, 0.2) is 0 Å². The van der Waals surface area contributed by atoms with Crippen molar-refractivity contribution in [1.82, 2.24) is 5.32 Å². The number of nitrogens with one attached hydrogen (secondary N) is 1. The van der Waals surface area contributed by atoms with Crippen molar-refractivity contribution < 1.29 is 4.74 Å². The van der Waals surface area contributed by atoms with Gasteiger partial charge in [0.05, 0.1) is 19.3 Å². The maximum absolute atomic E-state index is 5.08. The zero-order valence-electron chi connectivity index (χ0n) is 7.18. The predicted octanol–water partition coefficient (Wildman–Crippen LogP) is 1.02. The van der Waals surface area contributed by atoms with Gasteiger partial charge in [-0.1, -0.05) is 6.92 Å². The van der Waals surface area contributed by atoms with E-state index in [9.17, 15) is 0 Å². The van der Waals surface area contributed by atoms with Crippen molar-refractivity contribution in [3.8, 4) is 0 Å². The van der Waals surface area contributed by atoms with Gasteiger partial charge in [0.1, 0.15) is 0 Å². The minimum absolute atomic E-state index is 0.663. The molecule has 2 aliphatic rings. The van der Waals surface area contributed by atoms with Crippen LogP contribution in [0.5, 0.6) is 0 Å². The van der Waals surface area contributed by atoms with Gasteiger partial charge < -0.3 is 10.1 Å². The highest BCUT2D eigenvalue weighted by Gasteiger charge is 2.28. The molecule has 2 rings (SSSR count). The summed E-state index contributed by atoms with van der Waals surface area (Å²) in [4.78, 5) is 0. The van der Waals surface area contributed by atoms with E-state index in [2.05, 4.69) is 12.2 Å². The molecular weight excluding hydrogens is 138 g/mol. The minimum atomic E-state index is 0.663. The molecule has 1 heterocycles. The summed E-state index contributed by atoms with van der Waals surface area (Å²) in [6.45, 7) is 5.40. The lowest BCUT2D eigenvalue weighted by Crippen LogP contribution is -2.47. The second kappa shape index (κ2) is 3.11. The first-order valence-corrected chi connectivity index (χ1v) is 4.67. The number of rotatable bonds is 4. The second-order valence-corrected chi connectivity index (χ2v) is 3.96. The van der Waals surface area contributed by atoms with Crippen LogP contribution in [-0.4, -0.2) is 25.8 Å². The van der Waals surface area contributed by atoms with Crippen LogP contribution in [0.3, 0.4) is 0 Å². The lowest BCUT2D eigenvalue weighted by molar-refractivity contribution is -0.00651. The average Bonchev–Trinajstić information content (AvgIpc) is 2.64. The Bertz CT molecular complexity index is 130. The fourth-order valence-electron chi connectivity index (χ4n) is 1.54. The molecule has 0 aromatic carbocycles. The summed E-state index contributed by atoms with van der Waals surface area (Å²) in [6, 6.07) is 0.663. The fraction of sp³-hybridized carbons (Fsp3) is 1.00. The summed E-state index contributed by atoms with van der Waals surface area (Å²) < 4.78 is 5.08. The maximum atomic E-state index is 5.08. The minimum Gasteiger partial charge on any atom is -0.378 e. The first-order valence-electron chi connectivity index (χ1n) is 4.67. The zero-order valence-corrected chi connectivity index (χ0v) is 7.18. The van der Waals surface area contributed by atoms with Crippen molar-refractivity contribution in [3.63, 3.8) is 0 Å². The molecule has 0 bridgehead atoms. The molecule has 0 aromatic heterocycles. The van der Waals surface area contributed by atoms with Crippen molar-refractivity contribution in [1.29, 1.82) is 0 Å². The van der Waals surface area contributed by atoms with E-state index in [4.69, 9.17) is 4.74 Å². The largest absolute Gasteiger partial charge is 0.378 e. The summed E-state index contributed by atoms with van der Waals surface area (Å²) in [6.07, 6.45) is 2.92. The van der Waals surface area contributed by atoms with Crippen LogP contribution in [0.2, 0.25) is 0 Å². The van der Waals surface area contributed by atoms with Crippen molar-refractivity contribution in [2.24, 2.45) is 11.8 Å². The molecule has 1 saturated heterocycles. The Labute approximate surface area is 68.3 Å². The third-order valence-electron chi connectivity index (χ3n) is 2.79. The monoisotopic (exact) mass is 155 g/mol. The van der Waals surface area contributed by atoms with Gasteiger partial charge in [-0.05, 0) is 31.2 Å². The first kappa shape index (κ1) is 7.56. The van der Waals surface area contributed by atoms with Gasteiger partial charge in [-0.25, -0.2) is 0 Å². The third-order valence-corrected chi connectivity index (χ3v) is 2.79. The predicted molar refractivity (Wildman–Crippen MR) is 44.5 cm³/mol. The zero-order chi connectivity index (χ0) is 7.68. The molecular formula is C9H17NO. The van der Waals surface area contributed by atoms with Crippen molar-refractivity contribution in [2.45, 2.75) is 25.8 Å². The quantitative estimate of drug-likeness (QED) is 0.654. The SMILES string of the molecule is CC(CNC1COC1)C1CC1. The Hall–Kier alpha value is -0.0800. The molecule has 1 aliphatic carbocycles. The summed E-state index contributed by atoms with van der Waals surface area (Å²) >= 11 is 0. The van der Waals surface area contributed by atoms with Crippen LogP contribution < -0.4 is 5.32 Å². The van der Waals surface area contributed by atoms with Crippen LogP contribution in [0.1, 0.15) is 19.8 Å². The molecule has 1 aliphatic heterocycles. The van der Waals surface area contributed by atoms with Gasteiger partial charge >= 0.3 is 0 Å². The lowest BCUT2D eigenvalue weighted by Gasteiger charge is -2.28. The molecule has 1 unspecified atom stereocenters. The lowest BCUT2D eigenvalue weighted by atomic mass is 10.1. The van der Waals surface area contributed by atoms with Gasteiger partial charge in [0, 0.05) is 0 Å². The molecule has 0 aromatic rings. The Kier molecular flexibility index (Phi) is 2.14. The highest BCUT2D eigenvalue weighted by atomic mass is 16.5. The van der Waals surface area contributed by atoms with E-state index in [0.717, 1.165) is 25.0 Å². The average molecular weight is 155 g/mol. The smallest absolute Gasteiger partial charge is 0.0643 e. The Morgan fingerprint density at radius 3 is 2.64 bits per heavy atom. The standard InChI is InChI=1S/C9H17NO/c1-7(8-2-3-8)4-10-9-5-11-6-9/h7-10H,2-6H2,1H3. The van der Waals surface area contributed by atoms with E-state index >= 15 is 0 Å². The highest BCUT2D eigenvalue weighted by molar-refractivity contribution is 4.82. The molecule has 0 radical (unpaired) electrons. The second-order valence-electron chi connectivity index (χ2n) is 3.96. The van der Waals surface area contributed by atoms with Gasteiger partial charge in [0.25, 0.3) is 0 Å². The number of ether oxygens (including phenoxy) is 1. The van der Waals surface area contributed by atoms with E-state index < -0.39 is 0 Å². The third kappa shape index (κ3) is 1.94. The number of hydrogen-bond acceptors (Lipinski definition) is 2. The molecule has 0 spiro atoms. The molecule has 11 heavy (non-hydrogen) atoms. The van der Waals surface area contributed by atoms with E-state index in [1.54, 1.807) is 0 Å². The topological polar surface area (TPSA) is 21.3 Å². The van der Waals surface area contributed by atoms with Gasteiger partial charge in [-0.2, -0.15) is 0 Å². The van der Waals surface area contributed by atoms with Crippen LogP contribution in [0.15, 0.2) is 0 Å². The maximum Gasteiger partial charge on any atom is 0.0643 e. The number of hydrogen-bond donors (Lipinski definition) is 1. The van der Waals surface area contributed by atoms with Crippen LogP contribution in [-0.2, 0) is 4.74 Å². The summed E-state index contributed by atoms with van der Waals surface area (Å²) in [7, 11) is 0. The van der Waals surface area contributed by atoms with Gasteiger partial charge in [0.2, 0.25) is 0 Å². The van der Waals surface area contributed by atoms with E-state index in [0.29, 0.717) is 6.04 Å². The molecule has 1 N–H and O–H groups in total. The summed E-state index contributed by atoms with van der Waals surface area (Å²) in [5.41, 5.74) is 0. The molecule has 2 nitrogen and oxygen atoms in total. The normalized spacial score (nSPS) is 28.1. The summed E-state index contributed by atoms with van der Waals surface area (Å²) in [5.74, 6) is 1.92. The van der Waals surface area contributed by atoms with Gasteiger partial charge in [-0.15, -0.1) is 0 Å². The van der Waals surface area contributed by atoms with E-state index in [1.165, 1.54) is 19.4 Å². The summed E-state index contributed by atoms with van der Waals surface area (Å²) in [5, 5.41) is 3.52. The highest BCUT2D eigenvalue weighted by Crippen LogP contribution is 2.36. The molecule has 1 saturated carbocycles. The van der Waals surface area contributed by atoms with Crippen LogP contribution in [0, 0.1) is 11.8 Å². The molecule has 2 heteroatoms. The van der Waals surface area contributed by atoms with Crippen LogP contribution >= 0.6 is 0 Å². The van der Waals surface area contributed by atoms with Gasteiger partial charge in [-0.3, -0.25) is 0 Å². The van der Waals surface area contributed by atoms with Crippen LogP contribution in [0.4, 0.5) is 0 Å². The Morgan fingerprint density at radius 1 is 1.45 bits per heavy atom. The Morgan fingerprint density at radius 2 is 2.18 bits per heavy atom. The van der Waals surface area contributed by atoms with Crippen molar-refractivity contribution in [3.05, 3.63) is 0 Å². The van der Waals surface area contributed by atoms with Crippen LogP contribution in [0.25, 0.3) is 0 Å². The van der Waals surface area contributed by atoms with Crippen molar-refractivity contribution >= 4 is 0 Å². The first-order chi connectivity index (χ1) is 5.36. The molecule has 1 atom stereocenters. The van der Waals surface area contributed by atoms with E-state index in [1.807, 2.05) is 0 Å².